The number of aromatic nitrogens is 1. The van der Waals surface area contributed by atoms with Gasteiger partial charge in [0.05, 0.1) is 17.2 Å². The van der Waals surface area contributed by atoms with Gasteiger partial charge < -0.3 is 10.2 Å². The molecule has 1 fully saturated rings. The van der Waals surface area contributed by atoms with Crippen LogP contribution >= 0.6 is 11.3 Å². The topological polar surface area (TPSA) is 91.4 Å². The Morgan fingerprint density at radius 1 is 1.17 bits per heavy atom. The normalized spacial score (nSPS) is 19.6. The van der Waals surface area contributed by atoms with Gasteiger partial charge in [-0.1, -0.05) is 32.9 Å². The highest BCUT2D eigenvalue weighted by atomic mass is 32.2. The lowest BCUT2D eigenvalue weighted by molar-refractivity contribution is 0.0931. The summed E-state index contributed by atoms with van der Waals surface area (Å²) < 4.78 is 39.9. The predicted octanol–water partition coefficient (Wildman–Crippen LogP) is 6.11. The van der Waals surface area contributed by atoms with Crippen LogP contribution in [0.15, 0.2) is 36.4 Å². The first-order chi connectivity index (χ1) is 19.3. The van der Waals surface area contributed by atoms with Gasteiger partial charge in [-0.2, -0.15) is 0 Å². The molecule has 0 bridgehead atoms. The van der Waals surface area contributed by atoms with E-state index in [-0.39, 0.29) is 17.4 Å². The Morgan fingerprint density at radius 2 is 1.93 bits per heavy atom. The van der Waals surface area contributed by atoms with Crippen molar-refractivity contribution in [3.63, 3.8) is 0 Å². The summed E-state index contributed by atoms with van der Waals surface area (Å²) in [5, 5.41) is 4.21. The zero-order valence-corrected chi connectivity index (χ0v) is 26.0. The van der Waals surface area contributed by atoms with Crippen LogP contribution in [0.3, 0.4) is 0 Å². The average Bonchev–Trinajstić information content (AvgIpc) is 3.32. The maximum Gasteiger partial charge on any atom is 0.261 e. The number of rotatable bonds is 8. The van der Waals surface area contributed by atoms with Crippen molar-refractivity contribution in [1.29, 1.82) is 0 Å². The number of alkyl halides is 1. The molecule has 0 radical (unpaired) electrons. The summed E-state index contributed by atoms with van der Waals surface area (Å²) in [7, 11) is -3.44. The van der Waals surface area contributed by atoms with Crippen molar-refractivity contribution in [1.82, 2.24) is 15.2 Å². The quantitative estimate of drug-likeness (QED) is 0.325. The van der Waals surface area contributed by atoms with E-state index in [9.17, 15) is 17.6 Å². The lowest BCUT2D eigenvalue weighted by Gasteiger charge is -2.34. The van der Waals surface area contributed by atoms with Crippen LogP contribution in [0.4, 0.5) is 10.1 Å². The maximum absolute atomic E-state index is 13.7. The monoisotopic (exact) mass is 600 g/mol. The number of anilines is 1. The summed E-state index contributed by atoms with van der Waals surface area (Å²) in [4.78, 5) is 22.3. The van der Waals surface area contributed by atoms with E-state index in [1.54, 1.807) is 18.2 Å². The second kappa shape index (κ2) is 12.0. The van der Waals surface area contributed by atoms with E-state index in [0.29, 0.717) is 55.4 Å². The number of fused-ring (bicyclic) bond motifs is 2. The van der Waals surface area contributed by atoms with Crippen molar-refractivity contribution >= 4 is 43.2 Å². The fraction of sp³-hybridized carbons (Fsp3) is 0.548. The van der Waals surface area contributed by atoms with Crippen LogP contribution in [0.25, 0.3) is 10.2 Å². The first-order valence-corrected chi connectivity index (χ1v) is 17.2. The number of pyridine rings is 1. The summed E-state index contributed by atoms with van der Waals surface area (Å²) in [6, 6.07) is 11.0. The number of likely N-dealkylation sites (tertiary alicyclic amines) is 1. The van der Waals surface area contributed by atoms with Crippen molar-refractivity contribution in [3.8, 4) is 0 Å². The van der Waals surface area contributed by atoms with E-state index in [1.165, 1.54) is 16.9 Å². The molecule has 2 atom stereocenters. The second-order valence-electron chi connectivity index (χ2n) is 12.7. The lowest BCUT2D eigenvalue weighted by atomic mass is 9.71. The molecule has 222 valence electrons. The van der Waals surface area contributed by atoms with E-state index < -0.39 is 16.2 Å². The zero-order valence-electron chi connectivity index (χ0n) is 24.4. The molecule has 1 amide bonds. The molecule has 2 aromatic heterocycles. The fourth-order valence-electron chi connectivity index (χ4n) is 6.00. The van der Waals surface area contributed by atoms with Crippen molar-refractivity contribution in [2.75, 3.05) is 30.6 Å². The highest BCUT2D eigenvalue weighted by Gasteiger charge is 2.30. The Kier molecular flexibility index (Phi) is 8.74. The highest BCUT2D eigenvalue weighted by Crippen LogP contribution is 2.38. The molecule has 0 spiro atoms. The molecule has 3 heterocycles. The molecule has 0 saturated carbocycles. The maximum atomic E-state index is 13.7. The van der Waals surface area contributed by atoms with Gasteiger partial charge in [-0.05, 0) is 85.3 Å². The molecule has 2 N–H and O–H groups in total. The molecular weight excluding hydrogens is 559 g/mol. The standard InChI is InChI=1S/C31H41FN4O3S2/c1-31(2,3)23-8-9-26-21(17-23)16-22-19-28(40-30(22)34-26)29(37)33-27(12-15-36-13-10-24(32)11-14-36)20-6-5-7-25(18-20)35-41(4,38)39/h5-7,16,18-19,23-24,27,35H,8-15,17H2,1-4H3,(H,33,37)/t23-,27?/m0/s1. The second-order valence-corrected chi connectivity index (χ2v) is 15.5. The number of piperidine rings is 1. The number of halogens is 1. The molecule has 1 aromatic carbocycles. The van der Waals surface area contributed by atoms with Crippen LogP contribution in [0.5, 0.6) is 0 Å². The minimum atomic E-state index is -3.44. The molecule has 2 aliphatic rings. The van der Waals surface area contributed by atoms with Gasteiger partial charge in [0.1, 0.15) is 11.0 Å². The first kappa shape index (κ1) is 29.9. The van der Waals surface area contributed by atoms with Crippen LogP contribution in [0, 0.1) is 11.3 Å². The van der Waals surface area contributed by atoms with Gasteiger partial charge in [-0.25, -0.2) is 17.8 Å². The van der Waals surface area contributed by atoms with Crippen LogP contribution < -0.4 is 10.0 Å². The number of nitrogens with one attached hydrogen (secondary N) is 2. The third-order valence-corrected chi connectivity index (χ3v) is 10.1. The minimum Gasteiger partial charge on any atom is -0.344 e. The van der Waals surface area contributed by atoms with Gasteiger partial charge in [0.15, 0.2) is 0 Å². The largest absolute Gasteiger partial charge is 0.344 e. The lowest BCUT2D eigenvalue weighted by Crippen LogP contribution is -2.37. The fourth-order valence-corrected chi connectivity index (χ4v) is 7.49. The molecule has 1 aliphatic carbocycles. The number of hydrogen-bond donors (Lipinski definition) is 2. The van der Waals surface area contributed by atoms with E-state index in [4.69, 9.17) is 4.98 Å². The van der Waals surface area contributed by atoms with E-state index in [0.717, 1.165) is 47.0 Å². The van der Waals surface area contributed by atoms with Crippen LogP contribution in [-0.2, 0) is 22.9 Å². The smallest absolute Gasteiger partial charge is 0.261 e. The number of thiophene rings is 1. The Bertz CT molecular complexity index is 1510. The minimum absolute atomic E-state index is 0.174. The third kappa shape index (κ3) is 7.64. The summed E-state index contributed by atoms with van der Waals surface area (Å²) >= 11 is 1.41. The van der Waals surface area contributed by atoms with Gasteiger partial charge in [0.25, 0.3) is 5.91 Å². The number of carbonyl (C=O) groups is 1. The summed E-state index contributed by atoms with van der Waals surface area (Å²) in [6.07, 6.45) is 5.16. The van der Waals surface area contributed by atoms with Crippen LogP contribution in [0.2, 0.25) is 0 Å². The Hall–Kier alpha value is -2.56. The molecule has 3 aromatic rings. The van der Waals surface area contributed by atoms with Crippen molar-refractivity contribution in [2.24, 2.45) is 11.3 Å². The highest BCUT2D eigenvalue weighted by molar-refractivity contribution is 7.92. The van der Waals surface area contributed by atoms with Crippen LogP contribution in [0.1, 0.15) is 79.0 Å². The first-order valence-electron chi connectivity index (χ1n) is 14.5. The van der Waals surface area contributed by atoms with Gasteiger partial charge in [0, 0.05) is 36.4 Å². The molecule has 1 aliphatic heterocycles. The number of aryl methyl sites for hydroxylation is 1. The summed E-state index contributed by atoms with van der Waals surface area (Å²) in [5.41, 5.74) is 3.95. The van der Waals surface area contributed by atoms with Gasteiger partial charge in [-0.15, -0.1) is 11.3 Å². The summed E-state index contributed by atoms with van der Waals surface area (Å²) in [5.74, 6) is 0.438. The van der Waals surface area contributed by atoms with Gasteiger partial charge >= 0.3 is 0 Å². The number of sulfonamides is 1. The van der Waals surface area contributed by atoms with Gasteiger partial charge in [-0.3, -0.25) is 9.52 Å². The van der Waals surface area contributed by atoms with E-state index >= 15 is 0 Å². The SMILES string of the molecule is CC(C)(C)[C@H]1CCc2nc3sc(C(=O)NC(CCN4CCC(F)CC4)c4cccc(NS(C)(=O)=O)c4)cc3cc2C1. The molecule has 1 saturated heterocycles. The number of nitrogens with zero attached hydrogens (tertiary/aromatic N) is 2. The number of hydrogen-bond acceptors (Lipinski definition) is 6. The molecule has 10 heteroatoms. The number of benzene rings is 1. The third-order valence-electron chi connectivity index (χ3n) is 8.47. The van der Waals surface area contributed by atoms with Crippen LogP contribution in [-0.4, -0.2) is 56.3 Å². The molecule has 5 rings (SSSR count). The van der Waals surface area contributed by atoms with E-state index in [2.05, 4.69) is 41.8 Å². The Morgan fingerprint density at radius 3 is 2.63 bits per heavy atom. The van der Waals surface area contributed by atoms with E-state index in [1.807, 2.05) is 12.1 Å². The molecular formula is C31H41FN4O3S2. The summed E-state index contributed by atoms with van der Waals surface area (Å²) in [6.45, 7) is 8.99. The van der Waals surface area contributed by atoms with Crippen molar-refractivity contribution in [3.05, 3.63) is 58.1 Å². The molecule has 7 nitrogen and oxygen atoms in total. The van der Waals surface area contributed by atoms with Gasteiger partial charge in [0.2, 0.25) is 10.0 Å². The number of amides is 1. The van der Waals surface area contributed by atoms with Crippen molar-refractivity contribution in [2.45, 2.75) is 71.5 Å². The number of carbonyl (C=O) groups excluding carboxylic acids is 1. The Balaban J connectivity index is 1.36. The van der Waals surface area contributed by atoms with Crippen molar-refractivity contribution < 1.29 is 17.6 Å². The zero-order chi connectivity index (χ0) is 29.4. The Labute approximate surface area is 247 Å². The molecule has 41 heavy (non-hydrogen) atoms. The molecule has 1 unspecified atom stereocenters. The average molecular weight is 601 g/mol. The predicted molar refractivity (Wildman–Crippen MR) is 165 cm³/mol.